The third-order valence-electron chi connectivity index (χ3n) is 5.26. The van der Waals surface area contributed by atoms with Crippen LogP contribution in [0.25, 0.3) is 0 Å². The minimum absolute atomic E-state index is 0.0651. The molecule has 2 aromatic rings. The molecule has 160 valence electrons. The number of aromatic nitrogens is 2. The summed E-state index contributed by atoms with van der Waals surface area (Å²) in [5, 5.41) is 3.06. The van der Waals surface area contributed by atoms with Gasteiger partial charge in [0.2, 0.25) is 11.9 Å². The molecule has 1 fully saturated rings. The number of aryl methyl sites for hydroxylation is 1. The van der Waals surface area contributed by atoms with Gasteiger partial charge in [0.05, 0.1) is 18.4 Å². The number of anilines is 1. The van der Waals surface area contributed by atoms with Crippen LogP contribution < -0.4 is 15.0 Å². The van der Waals surface area contributed by atoms with E-state index < -0.39 is 0 Å². The van der Waals surface area contributed by atoms with E-state index in [-0.39, 0.29) is 17.9 Å². The fourth-order valence-corrected chi connectivity index (χ4v) is 3.50. The molecule has 2 heterocycles. The highest BCUT2D eigenvalue weighted by Gasteiger charge is 2.25. The highest BCUT2D eigenvalue weighted by molar-refractivity contribution is 5.95. The Hall–Kier alpha value is -3.16. The zero-order chi connectivity index (χ0) is 21.7. The maximum atomic E-state index is 12.7. The number of carbonyl (C=O) groups is 2. The Bertz CT molecular complexity index is 915. The smallest absolute Gasteiger partial charge is 0.254 e. The minimum Gasteiger partial charge on any atom is -0.497 e. The minimum atomic E-state index is -0.198. The summed E-state index contributed by atoms with van der Waals surface area (Å²) >= 11 is 0. The molecule has 1 saturated heterocycles. The molecule has 0 saturated carbocycles. The molecule has 1 unspecified atom stereocenters. The summed E-state index contributed by atoms with van der Waals surface area (Å²) in [5.41, 5.74) is 2.12. The zero-order valence-electron chi connectivity index (χ0n) is 18.0. The highest BCUT2D eigenvalue weighted by Crippen LogP contribution is 2.19. The first-order valence-electron chi connectivity index (χ1n) is 10.1. The normalized spacial score (nSPS) is 16.7. The molecule has 8 nitrogen and oxygen atoms in total. The van der Waals surface area contributed by atoms with Crippen LogP contribution in [0.15, 0.2) is 30.5 Å². The summed E-state index contributed by atoms with van der Waals surface area (Å²) < 4.78 is 5.26. The fourth-order valence-electron chi connectivity index (χ4n) is 3.50. The number of nitrogens with zero attached hydrogens (tertiary/aromatic N) is 4. The van der Waals surface area contributed by atoms with E-state index in [9.17, 15) is 9.59 Å². The van der Waals surface area contributed by atoms with Crippen molar-refractivity contribution in [3.8, 4) is 5.75 Å². The Labute approximate surface area is 177 Å². The van der Waals surface area contributed by atoms with Crippen LogP contribution in [0.3, 0.4) is 0 Å². The van der Waals surface area contributed by atoms with Gasteiger partial charge in [-0.3, -0.25) is 9.59 Å². The van der Waals surface area contributed by atoms with E-state index in [4.69, 9.17) is 4.74 Å². The lowest BCUT2D eigenvalue weighted by Gasteiger charge is -2.21. The Morgan fingerprint density at radius 3 is 2.83 bits per heavy atom. The molecule has 8 heteroatoms. The number of ether oxygens (including phenoxy) is 1. The van der Waals surface area contributed by atoms with Crippen molar-refractivity contribution in [3.63, 3.8) is 0 Å². The van der Waals surface area contributed by atoms with Gasteiger partial charge < -0.3 is 19.9 Å². The predicted octanol–water partition coefficient (Wildman–Crippen LogP) is 2.17. The van der Waals surface area contributed by atoms with Crippen LogP contribution in [-0.4, -0.2) is 60.5 Å². The molecular formula is C22H29N5O3. The second-order valence-electron chi connectivity index (χ2n) is 7.73. The van der Waals surface area contributed by atoms with Crippen LogP contribution in [-0.2, 0) is 11.3 Å². The van der Waals surface area contributed by atoms with Crippen molar-refractivity contribution in [3.05, 3.63) is 47.3 Å². The number of nitrogens with one attached hydrogen (secondary N) is 1. The zero-order valence-corrected chi connectivity index (χ0v) is 18.0. The summed E-state index contributed by atoms with van der Waals surface area (Å²) in [6.45, 7) is 2.93. The van der Waals surface area contributed by atoms with Gasteiger partial charge in [0.25, 0.3) is 5.91 Å². The van der Waals surface area contributed by atoms with Gasteiger partial charge in [-0.15, -0.1) is 0 Å². The SMILES string of the molecule is COc1cccc(CN2CCC(NC(=O)c3cnc(N(C)C)nc3C)CCC2=O)c1. The molecule has 0 bridgehead atoms. The number of hydrogen-bond acceptors (Lipinski definition) is 6. The number of likely N-dealkylation sites (tertiary alicyclic amines) is 1. The monoisotopic (exact) mass is 411 g/mol. The molecule has 30 heavy (non-hydrogen) atoms. The summed E-state index contributed by atoms with van der Waals surface area (Å²) in [6, 6.07) is 7.67. The molecular weight excluding hydrogens is 382 g/mol. The summed E-state index contributed by atoms with van der Waals surface area (Å²) in [5.74, 6) is 1.25. The molecule has 1 aliphatic rings. The van der Waals surface area contributed by atoms with Crippen molar-refractivity contribution in [2.45, 2.75) is 38.8 Å². The van der Waals surface area contributed by atoms with Crippen LogP contribution in [0.2, 0.25) is 0 Å². The number of hydrogen-bond donors (Lipinski definition) is 1. The van der Waals surface area contributed by atoms with Crippen molar-refractivity contribution < 1.29 is 14.3 Å². The van der Waals surface area contributed by atoms with Crippen LogP contribution in [0.5, 0.6) is 5.75 Å². The lowest BCUT2D eigenvalue weighted by molar-refractivity contribution is -0.131. The third kappa shape index (κ3) is 5.25. The van der Waals surface area contributed by atoms with Gasteiger partial charge in [0.15, 0.2) is 0 Å². The second kappa shape index (κ2) is 9.56. The van der Waals surface area contributed by atoms with E-state index in [1.807, 2.05) is 43.3 Å². The molecule has 0 radical (unpaired) electrons. The maximum Gasteiger partial charge on any atom is 0.254 e. The lowest BCUT2D eigenvalue weighted by Crippen LogP contribution is -2.36. The lowest BCUT2D eigenvalue weighted by atomic mass is 10.1. The summed E-state index contributed by atoms with van der Waals surface area (Å²) in [6.07, 6.45) is 3.29. The number of benzene rings is 1. The Balaban J connectivity index is 1.61. The maximum absolute atomic E-state index is 12.7. The van der Waals surface area contributed by atoms with E-state index in [1.165, 1.54) is 0 Å². The van der Waals surface area contributed by atoms with Gasteiger partial charge in [-0.2, -0.15) is 0 Å². The van der Waals surface area contributed by atoms with Gasteiger partial charge in [0.1, 0.15) is 5.75 Å². The average Bonchev–Trinajstić information content (AvgIpc) is 2.90. The van der Waals surface area contributed by atoms with E-state index in [0.717, 1.165) is 11.3 Å². The Kier molecular flexibility index (Phi) is 6.87. The summed E-state index contributed by atoms with van der Waals surface area (Å²) in [7, 11) is 5.34. The number of carbonyl (C=O) groups excluding carboxylic acids is 2. The van der Waals surface area contributed by atoms with Gasteiger partial charge in [-0.1, -0.05) is 12.1 Å². The molecule has 3 rings (SSSR count). The third-order valence-corrected chi connectivity index (χ3v) is 5.26. The topological polar surface area (TPSA) is 87.7 Å². The van der Waals surface area contributed by atoms with Crippen molar-refractivity contribution in [2.24, 2.45) is 0 Å². The summed E-state index contributed by atoms with van der Waals surface area (Å²) in [4.78, 5) is 37.6. The largest absolute Gasteiger partial charge is 0.497 e. The molecule has 1 aromatic heterocycles. The van der Waals surface area contributed by atoms with Crippen molar-refractivity contribution in [1.29, 1.82) is 0 Å². The Morgan fingerprint density at radius 1 is 1.33 bits per heavy atom. The van der Waals surface area contributed by atoms with Crippen LogP contribution in [0.1, 0.15) is 40.9 Å². The van der Waals surface area contributed by atoms with Gasteiger partial charge >= 0.3 is 0 Å². The molecule has 0 aliphatic carbocycles. The van der Waals surface area contributed by atoms with Crippen LogP contribution >= 0.6 is 0 Å². The van der Waals surface area contributed by atoms with E-state index in [0.29, 0.717) is 49.6 Å². The quantitative estimate of drug-likeness (QED) is 0.784. The van der Waals surface area contributed by atoms with E-state index >= 15 is 0 Å². The Morgan fingerprint density at radius 2 is 2.13 bits per heavy atom. The standard InChI is InChI=1S/C22H29N5O3/c1-15-19(13-23-22(24-15)26(2)3)21(29)25-17-8-9-20(28)27(11-10-17)14-16-6-5-7-18(12-16)30-4/h5-7,12-13,17H,8-11,14H2,1-4H3,(H,25,29). The number of methoxy groups -OCH3 is 1. The molecule has 1 N–H and O–H groups in total. The predicted molar refractivity (Wildman–Crippen MR) is 115 cm³/mol. The highest BCUT2D eigenvalue weighted by atomic mass is 16.5. The number of amides is 2. The first kappa shape index (κ1) is 21.5. The molecule has 2 amide bonds. The number of rotatable bonds is 6. The average molecular weight is 412 g/mol. The molecule has 1 aromatic carbocycles. The van der Waals surface area contributed by atoms with Gasteiger partial charge in [0, 0.05) is 45.8 Å². The van der Waals surface area contributed by atoms with Crippen molar-refractivity contribution in [2.75, 3.05) is 32.6 Å². The van der Waals surface area contributed by atoms with Crippen LogP contribution in [0.4, 0.5) is 5.95 Å². The van der Waals surface area contributed by atoms with E-state index in [1.54, 1.807) is 25.1 Å². The molecule has 1 atom stereocenters. The molecule has 1 aliphatic heterocycles. The fraction of sp³-hybridized carbons (Fsp3) is 0.455. The first-order chi connectivity index (χ1) is 14.4. The van der Waals surface area contributed by atoms with E-state index in [2.05, 4.69) is 15.3 Å². The van der Waals surface area contributed by atoms with Gasteiger partial charge in [-0.05, 0) is 37.5 Å². The van der Waals surface area contributed by atoms with Crippen molar-refractivity contribution in [1.82, 2.24) is 20.2 Å². The molecule has 0 spiro atoms. The second-order valence-corrected chi connectivity index (χ2v) is 7.73. The van der Waals surface area contributed by atoms with Gasteiger partial charge in [-0.25, -0.2) is 9.97 Å². The first-order valence-corrected chi connectivity index (χ1v) is 10.1. The van der Waals surface area contributed by atoms with Crippen molar-refractivity contribution >= 4 is 17.8 Å². The van der Waals surface area contributed by atoms with Crippen LogP contribution in [0, 0.1) is 6.92 Å².